The first-order valence-electron chi connectivity index (χ1n) is 5.12. The van der Waals surface area contributed by atoms with Crippen molar-refractivity contribution in [2.75, 3.05) is 17.1 Å². The van der Waals surface area contributed by atoms with Crippen molar-refractivity contribution in [2.45, 2.75) is 4.90 Å². The maximum Gasteiger partial charge on any atom is 0.264 e. The number of rotatable bonds is 3. The highest BCUT2D eigenvalue weighted by molar-refractivity contribution is 7.92. The lowest BCUT2D eigenvalue weighted by Crippen LogP contribution is -2.26. The van der Waals surface area contributed by atoms with Gasteiger partial charge in [0.2, 0.25) is 0 Å². The van der Waals surface area contributed by atoms with Gasteiger partial charge >= 0.3 is 0 Å². The molecule has 0 spiro atoms. The van der Waals surface area contributed by atoms with Crippen LogP contribution in [0.2, 0.25) is 0 Å². The van der Waals surface area contributed by atoms with Crippen molar-refractivity contribution in [1.29, 1.82) is 0 Å². The number of nitrogens with two attached hydrogens (primary N) is 1. The summed E-state index contributed by atoms with van der Waals surface area (Å²) in [7, 11) is -2.18. The van der Waals surface area contributed by atoms with Gasteiger partial charge in [0.25, 0.3) is 10.0 Å². The molecule has 2 rings (SSSR count). The summed E-state index contributed by atoms with van der Waals surface area (Å²) in [6, 6.07) is 6.05. The smallest absolute Gasteiger partial charge is 0.264 e. The lowest BCUT2D eigenvalue weighted by Gasteiger charge is -2.18. The highest BCUT2D eigenvalue weighted by Gasteiger charge is 2.21. The topological polar surface area (TPSA) is 89.2 Å². The molecule has 18 heavy (non-hydrogen) atoms. The third-order valence-corrected chi connectivity index (χ3v) is 4.20. The zero-order valence-electron chi connectivity index (χ0n) is 9.69. The molecule has 0 aromatic carbocycles. The van der Waals surface area contributed by atoms with Crippen LogP contribution < -0.4 is 10.0 Å². The van der Waals surface area contributed by atoms with Crippen LogP contribution in [-0.2, 0) is 10.0 Å². The Morgan fingerprint density at radius 2 is 2.06 bits per heavy atom. The molecule has 0 amide bonds. The van der Waals surface area contributed by atoms with Crippen LogP contribution in [0.1, 0.15) is 0 Å². The van der Waals surface area contributed by atoms with Gasteiger partial charge in [-0.15, -0.1) is 0 Å². The fourth-order valence-electron chi connectivity index (χ4n) is 1.43. The monoisotopic (exact) mass is 264 g/mol. The lowest BCUT2D eigenvalue weighted by molar-refractivity contribution is 0.594. The third kappa shape index (κ3) is 2.25. The summed E-state index contributed by atoms with van der Waals surface area (Å²) in [6.07, 6.45) is 4.41. The highest BCUT2D eigenvalue weighted by Crippen LogP contribution is 2.21. The maximum atomic E-state index is 12.3. The van der Waals surface area contributed by atoms with Crippen LogP contribution in [0, 0.1) is 0 Å². The Bertz CT molecular complexity index is 643. The molecule has 0 bridgehead atoms. The normalized spacial score (nSPS) is 11.2. The molecule has 2 N–H and O–H groups in total. The van der Waals surface area contributed by atoms with E-state index in [9.17, 15) is 8.42 Å². The second-order valence-corrected chi connectivity index (χ2v) is 5.57. The van der Waals surface area contributed by atoms with Gasteiger partial charge < -0.3 is 5.73 Å². The van der Waals surface area contributed by atoms with E-state index in [2.05, 4.69) is 9.97 Å². The fraction of sp³-hybridized carbons (Fsp3) is 0.0909. The molecule has 2 aromatic heterocycles. The number of hydrogen-bond acceptors (Lipinski definition) is 5. The average Bonchev–Trinajstić information content (AvgIpc) is 2.39. The number of pyridine rings is 2. The van der Waals surface area contributed by atoms with Crippen molar-refractivity contribution >= 4 is 21.5 Å². The Balaban J connectivity index is 2.44. The quantitative estimate of drug-likeness (QED) is 0.889. The van der Waals surface area contributed by atoms with Gasteiger partial charge in [0, 0.05) is 25.5 Å². The molecule has 0 atom stereocenters. The minimum Gasteiger partial charge on any atom is -0.384 e. The number of nitrogens with zero attached hydrogens (tertiary/aromatic N) is 3. The Morgan fingerprint density at radius 1 is 1.28 bits per heavy atom. The first-order chi connectivity index (χ1) is 8.51. The number of anilines is 2. The predicted octanol–water partition coefficient (Wildman–Crippen LogP) is 0.884. The minimum atomic E-state index is -3.64. The largest absolute Gasteiger partial charge is 0.384 e. The molecule has 7 heteroatoms. The van der Waals surface area contributed by atoms with Crippen molar-refractivity contribution in [3.8, 4) is 0 Å². The van der Waals surface area contributed by atoms with Crippen molar-refractivity contribution < 1.29 is 8.42 Å². The van der Waals surface area contributed by atoms with E-state index in [1.165, 1.54) is 31.6 Å². The van der Waals surface area contributed by atoms with Gasteiger partial charge in [-0.3, -0.25) is 9.29 Å². The second-order valence-electron chi connectivity index (χ2n) is 3.60. The second kappa shape index (κ2) is 4.61. The van der Waals surface area contributed by atoms with E-state index < -0.39 is 10.0 Å². The van der Waals surface area contributed by atoms with Gasteiger partial charge in [0.1, 0.15) is 5.82 Å². The molecular weight excluding hydrogens is 252 g/mol. The molecule has 0 aliphatic heterocycles. The number of hydrogen-bond donors (Lipinski definition) is 1. The van der Waals surface area contributed by atoms with E-state index in [1.807, 2.05) is 0 Å². The number of aromatic nitrogens is 2. The lowest BCUT2D eigenvalue weighted by atomic mass is 10.4. The molecule has 2 heterocycles. The van der Waals surface area contributed by atoms with Crippen LogP contribution in [0.5, 0.6) is 0 Å². The molecule has 0 aliphatic rings. The van der Waals surface area contributed by atoms with Gasteiger partial charge in [-0.1, -0.05) is 0 Å². The summed E-state index contributed by atoms with van der Waals surface area (Å²) in [5, 5.41) is 0. The van der Waals surface area contributed by atoms with Gasteiger partial charge in [0.05, 0.1) is 16.8 Å². The Labute approximate surface area is 105 Å². The van der Waals surface area contributed by atoms with E-state index in [4.69, 9.17) is 5.73 Å². The van der Waals surface area contributed by atoms with Gasteiger partial charge in [0.15, 0.2) is 0 Å². The van der Waals surface area contributed by atoms with E-state index in [-0.39, 0.29) is 10.7 Å². The van der Waals surface area contributed by atoms with Crippen molar-refractivity contribution in [2.24, 2.45) is 0 Å². The van der Waals surface area contributed by atoms with Crippen LogP contribution in [0.15, 0.2) is 47.8 Å². The number of sulfonamides is 1. The molecule has 0 saturated carbocycles. The molecule has 0 radical (unpaired) electrons. The molecule has 0 saturated heterocycles. The molecule has 0 unspecified atom stereocenters. The van der Waals surface area contributed by atoms with E-state index in [1.54, 1.807) is 18.3 Å². The first kappa shape index (κ1) is 12.3. The molecule has 0 aliphatic carbocycles. The zero-order chi connectivity index (χ0) is 13.2. The molecule has 2 aromatic rings. The first-order valence-corrected chi connectivity index (χ1v) is 6.56. The minimum absolute atomic E-state index is 0.0985. The highest BCUT2D eigenvalue weighted by atomic mass is 32.2. The third-order valence-electron chi connectivity index (χ3n) is 2.42. The summed E-state index contributed by atoms with van der Waals surface area (Å²) < 4.78 is 25.7. The van der Waals surface area contributed by atoms with Crippen molar-refractivity contribution in [1.82, 2.24) is 9.97 Å². The standard InChI is InChI=1S/C11H12N4O2S/c1-15(9-3-2-5-13-8-9)18(16,17)10-4-6-14-11(12)7-10/h2-8H,1H3,(H2,12,14). The van der Waals surface area contributed by atoms with E-state index >= 15 is 0 Å². The van der Waals surface area contributed by atoms with E-state index in [0.717, 1.165) is 4.31 Å². The van der Waals surface area contributed by atoms with Gasteiger partial charge in [-0.05, 0) is 18.2 Å². The molecule has 0 fully saturated rings. The van der Waals surface area contributed by atoms with Crippen LogP contribution >= 0.6 is 0 Å². The van der Waals surface area contributed by atoms with E-state index in [0.29, 0.717) is 5.69 Å². The Kier molecular flexibility index (Phi) is 3.15. The van der Waals surface area contributed by atoms with Gasteiger partial charge in [-0.2, -0.15) is 0 Å². The Morgan fingerprint density at radius 3 is 2.67 bits per heavy atom. The van der Waals surface area contributed by atoms with Gasteiger partial charge in [-0.25, -0.2) is 13.4 Å². The predicted molar refractivity (Wildman–Crippen MR) is 68.5 cm³/mol. The molecular formula is C11H12N4O2S. The fourth-order valence-corrected chi connectivity index (χ4v) is 2.63. The van der Waals surface area contributed by atoms with Crippen molar-refractivity contribution in [3.63, 3.8) is 0 Å². The summed E-state index contributed by atoms with van der Waals surface area (Å²) in [6.45, 7) is 0. The number of nitrogen functional groups attached to an aromatic ring is 1. The van der Waals surface area contributed by atoms with Crippen molar-refractivity contribution in [3.05, 3.63) is 42.9 Å². The summed E-state index contributed by atoms with van der Waals surface area (Å²) >= 11 is 0. The zero-order valence-corrected chi connectivity index (χ0v) is 10.5. The van der Waals surface area contributed by atoms with Crippen LogP contribution in [0.3, 0.4) is 0 Å². The van der Waals surface area contributed by atoms with Crippen LogP contribution in [-0.4, -0.2) is 25.4 Å². The molecule has 6 nitrogen and oxygen atoms in total. The summed E-state index contributed by atoms with van der Waals surface area (Å²) in [4.78, 5) is 7.75. The SMILES string of the molecule is CN(c1cccnc1)S(=O)(=O)c1ccnc(N)c1. The molecule has 94 valence electrons. The average molecular weight is 264 g/mol. The maximum absolute atomic E-state index is 12.3. The Hall–Kier alpha value is -2.15. The summed E-state index contributed by atoms with van der Waals surface area (Å²) in [5.41, 5.74) is 5.97. The summed E-state index contributed by atoms with van der Waals surface area (Å²) in [5.74, 6) is 0.163. The van der Waals surface area contributed by atoms with Crippen LogP contribution in [0.4, 0.5) is 11.5 Å². The van der Waals surface area contributed by atoms with Crippen LogP contribution in [0.25, 0.3) is 0 Å².